The first kappa shape index (κ1) is 18.9. The Morgan fingerprint density at radius 3 is 2.68 bits per heavy atom. The van der Waals surface area contributed by atoms with Crippen molar-refractivity contribution in [3.05, 3.63) is 29.8 Å². The maximum absolute atomic E-state index is 12.7. The Bertz CT molecular complexity index is 851. The molecule has 2 aliphatic rings. The van der Waals surface area contributed by atoms with Crippen molar-refractivity contribution in [3.63, 3.8) is 0 Å². The monoisotopic (exact) mass is 399 g/mol. The largest absolute Gasteiger partial charge is 0.346 e. The van der Waals surface area contributed by atoms with E-state index in [1.807, 2.05) is 24.3 Å². The van der Waals surface area contributed by atoms with Gasteiger partial charge in [0.1, 0.15) is 0 Å². The smallest absolute Gasteiger partial charge is 0.229 e. The Labute approximate surface area is 168 Å². The molecule has 1 N–H and O–H groups in total. The number of piperidine rings is 1. The minimum atomic E-state index is -0.0830. The van der Waals surface area contributed by atoms with Crippen LogP contribution in [0.1, 0.15) is 38.2 Å². The Hall–Kier alpha value is -2.48. The lowest BCUT2D eigenvalue weighted by Gasteiger charge is -2.31. The molecule has 2 amide bonds. The topological polar surface area (TPSA) is 78.4 Å². The number of hydrogen-bond acceptors (Lipinski definition) is 6. The predicted molar refractivity (Wildman–Crippen MR) is 111 cm³/mol. The van der Waals surface area contributed by atoms with Gasteiger partial charge in [-0.25, -0.2) is 0 Å². The summed E-state index contributed by atoms with van der Waals surface area (Å²) in [5.74, 6) is 0.0847. The summed E-state index contributed by atoms with van der Waals surface area (Å²) in [5, 5.41) is 13.0. The molecule has 28 heavy (non-hydrogen) atoms. The van der Waals surface area contributed by atoms with E-state index in [0.29, 0.717) is 18.1 Å². The summed E-state index contributed by atoms with van der Waals surface area (Å²) < 4.78 is 0. The first-order valence-electron chi connectivity index (χ1n) is 9.92. The summed E-state index contributed by atoms with van der Waals surface area (Å²) in [6.45, 7) is 4.32. The van der Waals surface area contributed by atoms with E-state index in [0.717, 1.165) is 49.6 Å². The van der Waals surface area contributed by atoms with Crippen LogP contribution in [0.4, 0.5) is 16.0 Å². The summed E-state index contributed by atoms with van der Waals surface area (Å²) >= 11 is 1.44. The number of amides is 2. The summed E-state index contributed by atoms with van der Waals surface area (Å²) in [4.78, 5) is 28.5. The fourth-order valence-electron chi connectivity index (χ4n) is 3.73. The van der Waals surface area contributed by atoms with Crippen LogP contribution in [0.2, 0.25) is 0 Å². The maximum atomic E-state index is 12.7. The van der Waals surface area contributed by atoms with Crippen LogP contribution in [-0.2, 0) is 16.0 Å². The highest BCUT2D eigenvalue weighted by molar-refractivity contribution is 7.19. The standard InChI is InChI=1S/C20H25N5O2S/c1-2-14-7-9-16(10-8-14)21-18(27)15-5-3-11-24(13-15)19-22-23-20(28-19)25-12-4-6-17(25)26/h7-10,15H,2-6,11-13H2,1H3,(H,21,27)/t15-/m0/s1. The Morgan fingerprint density at radius 2 is 1.96 bits per heavy atom. The fourth-order valence-corrected chi connectivity index (χ4v) is 4.65. The molecular weight excluding hydrogens is 374 g/mol. The highest BCUT2D eigenvalue weighted by atomic mass is 32.1. The van der Waals surface area contributed by atoms with E-state index < -0.39 is 0 Å². The van der Waals surface area contributed by atoms with Gasteiger partial charge in [0.2, 0.25) is 22.1 Å². The number of rotatable bonds is 5. The van der Waals surface area contributed by atoms with Crippen molar-refractivity contribution in [2.75, 3.05) is 34.8 Å². The molecule has 4 rings (SSSR count). The Kier molecular flexibility index (Phi) is 5.57. The first-order chi connectivity index (χ1) is 13.6. The van der Waals surface area contributed by atoms with E-state index >= 15 is 0 Å². The van der Waals surface area contributed by atoms with Gasteiger partial charge < -0.3 is 10.2 Å². The number of carbonyl (C=O) groups excluding carboxylic acids is 2. The van der Waals surface area contributed by atoms with E-state index in [1.54, 1.807) is 4.90 Å². The molecule has 2 saturated heterocycles. The number of anilines is 3. The van der Waals surface area contributed by atoms with Crippen molar-refractivity contribution < 1.29 is 9.59 Å². The molecule has 7 nitrogen and oxygen atoms in total. The number of aromatic nitrogens is 2. The van der Waals surface area contributed by atoms with Crippen molar-refractivity contribution in [2.24, 2.45) is 5.92 Å². The quantitative estimate of drug-likeness (QED) is 0.836. The predicted octanol–water partition coefficient (Wildman–Crippen LogP) is 3.08. The van der Waals surface area contributed by atoms with Crippen molar-refractivity contribution in [2.45, 2.75) is 39.0 Å². The highest BCUT2D eigenvalue weighted by Crippen LogP contribution is 2.32. The van der Waals surface area contributed by atoms with Gasteiger partial charge in [-0.1, -0.05) is 30.4 Å². The molecule has 2 aliphatic heterocycles. The number of benzene rings is 1. The van der Waals surface area contributed by atoms with Crippen LogP contribution in [0.25, 0.3) is 0 Å². The number of carbonyl (C=O) groups is 2. The Balaban J connectivity index is 1.39. The zero-order chi connectivity index (χ0) is 19.5. The van der Waals surface area contributed by atoms with Gasteiger partial charge in [-0.05, 0) is 43.4 Å². The number of nitrogens with zero attached hydrogens (tertiary/aromatic N) is 4. The summed E-state index contributed by atoms with van der Waals surface area (Å²) in [6, 6.07) is 8.01. The molecule has 148 valence electrons. The van der Waals surface area contributed by atoms with E-state index in [4.69, 9.17) is 0 Å². The van der Waals surface area contributed by atoms with Crippen LogP contribution in [0.15, 0.2) is 24.3 Å². The van der Waals surface area contributed by atoms with Crippen LogP contribution < -0.4 is 15.1 Å². The minimum Gasteiger partial charge on any atom is -0.346 e. The Morgan fingerprint density at radius 1 is 1.18 bits per heavy atom. The SMILES string of the molecule is CCc1ccc(NC(=O)[C@H]2CCCN(c3nnc(N4CCCC4=O)s3)C2)cc1. The van der Waals surface area contributed by atoms with Crippen molar-refractivity contribution in [3.8, 4) is 0 Å². The molecular formula is C20H25N5O2S. The lowest BCUT2D eigenvalue weighted by Crippen LogP contribution is -2.40. The molecule has 0 aliphatic carbocycles. The third-order valence-corrected chi connectivity index (χ3v) is 6.41. The number of hydrogen-bond donors (Lipinski definition) is 1. The molecule has 1 atom stereocenters. The van der Waals surface area contributed by atoms with Gasteiger partial charge in [0.05, 0.1) is 5.92 Å². The maximum Gasteiger partial charge on any atom is 0.229 e. The van der Waals surface area contributed by atoms with E-state index in [-0.39, 0.29) is 17.7 Å². The zero-order valence-electron chi connectivity index (χ0n) is 16.1. The lowest BCUT2D eigenvalue weighted by molar-refractivity contribution is -0.120. The normalized spacial score (nSPS) is 19.9. The zero-order valence-corrected chi connectivity index (χ0v) is 16.9. The summed E-state index contributed by atoms with van der Waals surface area (Å²) in [6.07, 6.45) is 4.24. The minimum absolute atomic E-state index is 0.0495. The van der Waals surface area contributed by atoms with E-state index in [2.05, 4.69) is 27.3 Å². The van der Waals surface area contributed by atoms with Crippen LogP contribution in [-0.4, -0.2) is 41.6 Å². The average molecular weight is 400 g/mol. The fraction of sp³-hybridized carbons (Fsp3) is 0.500. The van der Waals surface area contributed by atoms with Gasteiger partial charge in [0, 0.05) is 31.7 Å². The summed E-state index contributed by atoms with van der Waals surface area (Å²) in [7, 11) is 0. The van der Waals surface area contributed by atoms with Crippen molar-refractivity contribution >= 4 is 39.1 Å². The second kappa shape index (κ2) is 8.26. The molecule has 0 unspecified atom stereocenters. The molecule has 1 aromatic heterocycles. The number of nitrogens with one attached hydrogen (secondary N) is 1. The molecule has 0 radical (unpaired) electrons. The third-order valence-electron chi connectivity index (χ3n) is 5.40. The second-order valence-electron chi connectivity index (χ2n) is 7.34. The van der Waals surface area contributed by atoms with Gasteiger partial charge in [-0.2, -0.15) is 0 Å². The van der Waals surface area contributed by atoms with Gasteiger partial charge in [0.25, 0.3) is 0 Å². The molecule has 2 fully saturated rings. The van der Waals surface area contributed by atoms with Gasteiger partial charge in [0.15, 0.2) is 0 Å². The molecule has 0 saturated carbocycles. The first-order valence-corrected chi connectivity index (χ1v) is 10.7. The third kappa shape index (κ3) is 4.01. The number of aryl methyl sites for hydroxylation is 1. The van der Waals surface area contributed by atoms with Gasteiger partial charge >= 0.3 is 0 Å². The van der Waals surface area contributed by atoms with Crippen molar-refractivity contribution in [1.82, 2.24) is 10.2 Å². The van der Waals surface area contributed by atoms with Gasteiger partial charge in [-0.15, -0.1) is 10.2 Å². The highest BCUT2D eigenvalue weighted by Gasteiger charge is 2.30. The van der Waals surface area contributed by atoms with Crippen molar-refractivity contribution in [1.29, 1.82) is 0 Å². The second-order valence-corrected chi connectivity index (χ2v) is 8.28. The molecule has 3 heterocycles. The van der Waals surface area contributed by atoms with E-state index in [9.17, 15) is 9.59 Å². The molecule has 0 bridgehead atoms. The van der Waals surface area contributed by atoms with Crippen LogP contribution in [0.3, 0.4) is 0 Å². The van der Waals surface area contributed by atoms with E-state index in [1.165, 1.54) is 16.9 Å². The average Bonchev–Trinajstić information content (AvgIpc) is 3.37. The van der Waals surface area contributed by atoms with Crippen LogP contribution >= 0.6 is 11.3 Å². The molecule has 8 heteroatoms. The van der Waals surface area contributed by atoms with Crippen LogP contribution in [0.5, 0.6) is 0 Å². The molecule has 0 spiro atoms. The van der Waals surface area contributed by atoms with Gasteiger partial charge in [-0.3, -0.25) is 14.5 Å². The lowest BCUT2D eigenvalue weighted by atomic mass is 9.97. The molecule has 1 aromatic carbocycles. The summed E-state index contributed by atoms with van der Waals surface area (Å²) in [5.41, 5.74) is 2.09. The molecule has 2 aromatic rings. The van der Waals surface area contributed by atoms with Crippen LogP contribution in [0, 0.1) is 5.92 Å².